The molecule has 0 saturated carbocycles. The fourth-order valence-corrected chi connectivity index (χ4v) is 2.91. The Labute approximate surface area is 112 Å². The van der Waals surface area contributed by atoms with Crippen LogP contribution in [0, 0.1) is 5.82 Å². The lowest BCUT2D eigenvalue weighted by Crippen LogP contribution is -2.41. The Morgan fingerprint density at radius 2 is 2.21 bits per heavy atom. The number of nitrogens with one attached hydrogen (secondary N) is 1. The van der Waals surface area contributed by atoms with E-state index in [9.17, 15) is 14.0 Å². The van der Waals surface area contributed by atoms with Crippen LogP contribution in [0.2, 0.25) is 0 Å². The number of fused-ring (bicyclic) bond motifs is 1. The summed E-state index contributed by atoms with van der Waals surface area (Å²) in [5.74, 6) is -1.93. The molecule has 0 saturated heterocycles. The maximum Gasteiger partial charge on any atom is 0.326 e. The van der Waals surface area contributed by atoms with Gasteiger partial charge in [0.15, 0.2) is 0 Å². The molecule has 4 nitrogen and oxygen atoms in total. The number of aliphatic carboxylic acids is 1. The van der Waals surface area contributed by atoms with Crippen molar-refractivity contribution in [3.05, 3.63) is 35.0 Å². The monoisotopic (exact) mass is 281 g/mol. The molecular formula is C13H12FNO3S. The second-order valence-corrected chi connectivity index (χ2v) is 5.08. The summed E-state index contributed by atoms with van der Waals surface area (Å²) in [6, 6.07) is 3.68. The number of hydrogen-bond acceptors (Lipinski definition) is 3. The van der Waals surface area contributed by atoms with Crippen LogP contribution in [0.15, 0.2) is 23.6 Å². The van der Waals surface area contributed by atoms with Gasteiger partial charge in [0, 0.05) is 23.4 Å². The summed E-state index contributed by atoms with van der Waals surface area (Å²) in [6.07, 6.45) is 0.0653. The number of hydrogen-bond donors (Lipinski definition) is 2. The molecular weight excluding hydrogens is 269 g/mol. The predicted octanol–water partition coefficient (Wildman–Crippen LogP) is 2.17. The van der Waals surface area contributed by atoms with E-state index in [2.05, 4.69) is 5.32 Å². The molecule has 0 fully saturated rings. The minimum atomic E-state index is -1.13. The van der Waals surface area contributed by atoms with Crippen LogP contribution in [0.4, 0.5) is 4.39 Å². The van der Waals surface area contributed by atoms with Gasteiger partial charge in [0.05, 0.1) is 0 Å². The van der Waals surface area contributed by atoms with Crippen LogP contribution in [0.25, 0.3) is 10.1 Å². The second-order valence-electron chi connectivity index (χ2n) is 4.17. The number of amides is 1. The maximum atomic E-state index is 13.8. The normalized spacial score (nSPS) is 12.3. The molecule has 0 aliphatic rings. The van der Waals surface area contributed by atoms with E-state index in [0.29, 0.717) is 10.9 Å². The number of rotatable bonds is 4. The lowest BCUT2D eigenvalue weighted by Gasteiger charge is -2.12. The van der Waals surface area contributed by atoms with Crippen molar-refractivity contribution in [1.82, 2.24) is 5.32 Å². The molecule has 0 unspecified atom stereocenters. The summed E-state index contributed by atoms with van der Waals surface area (Å²) >= 11 is 1.36. The van der Waals surface area contributed by atoms with E-state index in [4.69, 9.17) is 5.11 Å². The highest BCUT2D eigenvalue weighted by atomic mass is 32.1. The van der Waals surface area contributed by atoms with Gasteiger partial charge in [-0.15, -0.1) is 11.3 Å². The van der Waals surface area contributed by atoms with Gasteiger partial charge in [-0.1, -0.05) is 6.07 Å². The number of carbonyl (C=O) groups is 2. The highest BCUT2D eigenvalue weighted by Gasteiger charge is 2.21. The van der Waals surface area contributed by atoms with Gasteiger partial charge in [-0.3, -0.25) is 4.79 Å². The van der Waals surface area contributed by atoms with Crippen LogP contribution in [-0.4, -0.2) is 23.0 Å². The van der Waals surface area contributed by atoms with E-state index in [1.807, 2.05) is 0 Å². The smallest absolute Gasteiger partial charge is 0.326 e. The van der Waals surface area contributed by atoms with Crippen molar-refractivity contribution >= 4 is 33.3 Å². The van der Waals surface area contributed by atoms with Gasteiger partial charge in [0.25, 0.3) is 0 Å². The average Bonchev–Trinajstić information content (AvgIpc) is 2.72. The molecule has 0 bridgehead atoms. The molecule has 0 spiro atoms. The van der Waals surface area contributed by atoms with Gasteiger partial charge < -0.3 is 10.4 Å². The van der Waals surface area contributed by atoms with Crippen LogP contribution in [0.5, 0.6) is 0 Å². The van der Waals surface area contributed by atoms with Crippen molar-refractivity contribution in [2.24, 2.45) is 0 Å². The van der Waals surface area contributed by atoms with Crippen LogP contribution in [0.1, 0.15) is 12.5 Å². The first kappa shape index (κ1) is 13.5. The predicted molar refractivity (Wildman–Crippen MR) is 70.7 cm³/mol. The van der Waals surface area contributed by atoms with Crippen LogP contribution < -0.4 is 5.32 Å². The molecule has 2 aromatic rings. The number of thiophene rings is 1. The molecule has 0 aliphatic heterocycles. The van der Waals surface area contributed by atoms with E-state index in [1.54, 1.807) is 17.5 Å². The lowest BCUT2D eigenvalue weighted by molar-refractivity contribution is -0.141. The van der Waals surface area contributed by atoms with Crippen molar-refractivity contribution in [2.75, 3.05) is 0 Å². The summed E-state index contributed by atoms with van der Waals surface area (Å²) < 4.78 is 14.5. The molecule has 1 aromatic carbocycles. The Hall–Kier alpha value is -1.95. The first-order chi connectivity index (χ1) is 8.99. The zero-order chi connectivity index (χ0) is 14.0. The largest absolute Gasteiger partial charge is 0.480 e. The van der Waals surface area contributed by atoms with Crippen molar-refractivity contribution in [2.45, 2.75) is 19.4 Å². The van der Waals surface area contributed by atoms with Crippen molar-refractivity contribution in [1.29, 1.82) is 0 Å². The zero-order valence-corrected chi connectivity index (χ0v) is 11.0. The Morgan fingerprint density at radius 3 is 2.84 bits per heavy atom. The molecule has 6 heteroatoms. The molecule has 100 valence electrons. The van der Waals surface area contributed by atoms with E-state index >= 15 is 0 Å². The summed E-state index contributed by atoms with van der Waals surface area (Å²) in [5.41, 5.74) is 0.597. The maximum absolute atomic E-state index is 13.8. The number of benzene rings is 1. The first-order valence-corrected chi connectivity index (χ1v) is 6.51. The number of carboxylic acid groups (broad SMARTS) is 1. The minimum absolute atomic E-state index is 0.0653. The topological polar surface area (TPSA) is 66.4 Å². The summed E-state index contributed by atoms with van der Waals surface area (Å²) in [6.45, 7) is 1.25. The molecule has 2 rings (SSSR count). The Morgan fingerprint density at radius 1 is 1.47 bits per heavy atom. The summed E-state index contributed by atoms with van der Waals surface area (Å²) in [7, 11) is 0. The van der Waals surface area contributed by atoms with Crippen molar-refractivity contribution in [3.8, 4) is 0 Å². The van der Waals surface area contributed by atoms with Crippen molar-refractivity contribution in [3.63, 3.8) is 0 Å². The quantitative estimate of drug-likeness (QED) is 0.902. The number of carboxylic acids is 1. The van der Waals surface area contributed by atoms with Crippen LogP contribution in [-0.2, 0) is 16.0 Å². The fraction of sp³-hybridized carbons (Fsp3) is 0.231. The molecule has 1 aromatic heterocycles. The van der Waals surface area contributed by atoms with E-state index in [1.165, 1.54) is 24.3 Å². The van der Waals surface area contributed by atoms with Gasteiger partial charge in [0.2, 0.25) is 5.91 Å². The zero-order valence-electron chi connectivity index (χ0n) is 10.1. The number of carbonyl (C=O) groups excluding carboxylic acids is 1. The van der Waals surface area contributed by atoms with E-state index in [-0.39, 0.29) is 12.2 Å². The Kier molecular flexibility index (Phi) is 3.80. The molecule has 19 heavy (non-hydrogen) atoms. The van der Waals surface area contributed by atoms with Crippen molar-refractivity contribution < 1.29 is 19.1 Å². The highest BCUT2D eigenvalue weighted by molar-refractivity contribution is 7.17. The van der Waals surface area contributed by atoms with Crippen LogP contribution in [0.3, 0.4) is 0 Å². The first-order valence-electron chi connectivity index (χ1n) is 5.63. The molecule has 0 aliphatic carbocycles. The molecule has 1 amide bonds. The van der Waals surface area contributed by atoms with Gasteiger partial charge in [0.1, 0.15) is 11.9 Å². The van der Waals surface area contributed by atoms with Crippen LogP contribution >= 0.6 is 11.3 Å². The SMILES string of the molecule is CC(=O)N[C@@H](Cc1csc2cccc(F)c12)C(=O)O. The third-order valence-electron chi connectivity index (χ3n) is 2.72. The van der Waals surface area contributed by atoms with Gasteiger partial charge in [-0.2, -0.15) is 0 Å². The standard InChI is InChI=1S/C13H12FNO3S/c1-7(16)15-10(13(17)18)5-8-6-19-11-4-2-3-9(14)12(8)11/h2-4,6,10H,5H2,1H3,(H,15,16)(H,17,18)/t10-/m0/s1. The Bertz CT molecular complexity index is 638. The number of halogens is 1. The summed E-state index contributed by atoms with van der Waals surface area (Å²) in [4.78, 5) is 22.0. The highest BCUT2D eigenvalue weighted by Crippen LogP contribution is 2.29. The molecule has 1 atom stereocenters. The summed E-state index contributed by atoms with van der Waals surface area (Å²) in [5, 5.41) is 13.6. The Balaban J connectivity index is 2.34. The minimum Gasteiger partial charge on any atom is -0.480 e. The average molecular weight is 281 g/mol. The molecule has 1 heterocycles. The van der Waals surface area contributed by atoms with E-state index in [0.717, 1.165) is 4.70 Å². The second kappa shape index (κ2) is 5.36. The van der Waals surface area contributed by atoms with Gasteiger partial charge in [-0.25, -0.2) is 9.18 Å². The van der Waals surface area contributed by atoms with Gasteiger partial charge in [-0.05, 0) is 23.1 Å². The fourth-order valence-electron chi connectivity index (χ4n) is 1.92. The molecule has 2 N–H and O–H groups in total. The third kappa shape index (κ3) is 2.90. The lowest BCUT2D eigenvalue weighted by atomic mass is 10.0. The third-order valence-corrected chi connectivity index (χ3v) is 3.72. The van der Waals surface area contributed by atoms with Gasteiger partial charge >= 0.3 is 5.97 Å². The molecule has 0 radical (unpaired) electrons. The van der Waals surface area contributed by atoms with E-state index < -0.39 is 17.9 Å².